The third-order valence-corrected chi connectivity index (χ3v) is 3.81. The number of aromatic nitrogens is 1. The smallest absolute Gasteiger partial charge is 0.0794 e. The summed E-state index contributed by atoms with van der Waals surface area (Å²) in [4.78, 5) is 5.37. The molecule has 0 aromatic carbocycles. The molecule has 0 saturated carbocycles. The van der Waals surface area contributed by atoms with E-state index in [1.807, 2.05) is 11.7 Å². The summed E-state index contributed by atoms with van der Waals surface area (Å²) < 4.78 is 5.38. The van der Waals surface area contributed by atoms with Crippen LogP contribution in [0.1, 0.15) is 24.6 Å². The first kappa shape index (κ1) is 11.0. The van der Waals surface area contributed by atoms with Crippen LogP contribution in [0.15, 0.2) is 11.7 Å². The highest BCUT2D eigenvalue weighted by atomic mass is 32.1. The van der Waals surface area contributed by atoms with Crippen LogP contribution in [-0.2, 0) is 11.3 Å². The molecular formula is C11H18N2OS. The fourth-order valence-electron chi connectivity index (χ4n) is 1.86. The van der Waals surface area contributed by atoms with Gasteiger partial charge in [-0.25, -0.2) is 0 Å². The van der Waals surface area contributed by atoms with Gasteiger partial charge in [0.15, 0.2) is 0 Å². The molecule has 0 spiro atoms. The Hall–Kier alpha value is -0.450. The number of rotatable bonds is 4. The van der Waals surface area contributed by atoms with Gasteiger partial charge in [-0.2, -0.15) is 0 Å². The van der Waals surface area contributed by atoms with Crippen molar-refractivity contribution in [2.24, 2.45) is 5.41 Å². The van der Waals surface area contributed by atoms with Crippen LogP contribution in [0.25, 0.3) is 0 Å². The summed E-state index contributed by atoms with van der Waals surface area (Å²) in [6.45, 7) is 6.20. The van der Waals surface area contributed by atoms with Crippen molar-refractivity contribution in [2.75, 3.05) is 19.8 Å². The van der Waals surface area contributed by atoms with Crippen molar-refractivity contribution in [3.05, 3.63) is 16.6 Å². The summed E-state index contributed by atoms with van der Waals surface area (Å²) in [5.74, 6) is 0. The van der Waals surface area contributed by atoms with E-state index in [-0.39, 0.29) is 0 Å². The minimum Gasteiger partial charge on any atom is -0.381 e. The topological polar surface area (TPSA) is 34.2 Å². The first-order valence-electron chi connectivity index (χ1n) is 5.44. The largest absolute Gasteiger partial charge is 0.381 e. The average Bonchev–Trinajstić information content (AvgIpc) is 2.71. The molecule has 1 aromatic heterocycles. The summed E-state index contributed by atoms with van der Waals surface area (Å²) >= 11 is 1.71. The molecule has 1 saturated heterocycles. The Bertz CT molecular complexity index is 281. The van der Waals surface area contributed by atoms with Gasteiger partial charge in [0.2, 0.25) is 0 Å². The highest BCUT2D eigenvalue weighted by Gasteiger charge is 2.26. The molecule has 1 N–H and O–H groups in total. The molecule has 0 radical (unpaired) electrons. The van der Waals surface area contributed by atoms with E-state index < -0.39 is 0 Å². The lowest BCUT2D eigenvalue weighted by Gasteiger charge is -2.33. The zero-order chi connectivity index (χ0) is 10.6. The Morgan fingerprint density at radius 2 is 2.33 bits per heavy atom. The van der Waals surface area contributed by atoms with Crippen LogP contribution in [0.2, 0.25) is 0 Å². The Labute approximate surface area is 94.9 Å². The monoisotopic (exact) mass is 226 g/mol. The van der Waals surface area contributed by atoms with E-state index >= 15 is 0 Å². The van der Waals surface area contributed by atoms with Crippen LogP contribution < -0.4 is 5.32 Å². The maximum Gasteiger partial charge on any atom is 0.0794 e. The van der Waals surface area contributed by atoms with E-state index in [4.69, 9.17) is 4.74 Å². The van der Waals surface area contributed by atoms with E-state index in [9.17, 15) is 0 Å². The maximum atomic E-state index is 5.38. The molecule has 84 valence electrons. The molecule has 0 aliphatic carbocycles. The number of hydrogen-bond acceptors (Lipinski definition) is 4. The van der Waals surface area contributed by atoms with Crippen LogP contribution in [-0.4, -0.2) is 24.7 Å². The van der Waals surface area contributed by atoms with Gasteiger partial charge >= 0.3 is 0 Å². The summed E-state index contributed by atoms with van der Waals surface area (Å²) in [6, 6.07) is 0. The molecule has 0 amide bonds. The second-order valence-electron chi connectivity index (χ2n) is 4.49. The van der Waals surface area contributed by atoms with E-state index in [2.05, 4.69) is 17.2 Å². The molecule has 3 nitrogen and oxygen atoms in total. The standard InChI is InChI=1S/C11H18N2OS/c1-11(2-4-14-5-3-11)8-12-6-10-7-13-9-15-10/h7,9,12H,2-6,8H2,1H3. The molecule has 15 heavy (non-hydrogen) atoms. The number of ether oxygens (including phenoxy) is 1. The Morgan fingerprint density at radius 1 is 1.53 bits per heavy atom. The van der Waals surface area contributed by atoms with E-state index in [1.54, 1.807) is 11.3 Å². The summed E-state index contributed by atoms with van der Waals surface area (Å²) in [5.41, 5.74) is 2.30. The molecule has 0 bridgehead atoms. The van der Waals surface area contributed by atoms with Gasteiger partial charge < -0.3 is 10.1 Å². The Morgan fingerprint density at radius 3 is 3.00 bits per heavy atom. The van der Waals surface area contributed by atoms with Gasteiger partial charge in [0.25, 0.3) is 0 Å². The van der Waals surface area contributed by atoms with Gasteiger partial charge in [-0.1, -0.05) is 6.92 Å². The van der Waals surface area contributed by atoms with Crippen molar-refractivity contribution in [1.82, 2.24) is 10.3 Å². The second kappa shape index (κ2) is 5.05. The quantitative estimate of drug-likeness (QED) is 0.853. The molecule has 4 heteroatoms. The first-order chi connectivity index (χ1) is 7.29. The molecular weight excluding hydrogens is 208 g/mol. The van der Waals surface area contributed by atoms with Gasteiger partial charge in [0, 0.05) is 37.4 Å². The minimum absolute atomic E-state index is 0.420. The zero-order valence-corrected chi connectivity index (χ0v) is 9.98. The van der Waals surface area contributed by atoms with E-state index in [0.717, 1.165) is 26.3 Å². The highest BCUT2D eigenvalue weighted by molar-refractivity contribution is 7.09. The van der Waals surface area contributed by atoms with Gasteiger partial charge in [-0.3, -0.25) is 4.98 Å². The third-order valence-electron chi connectivity index (χ3n) is 3.03. The second-order valence-corrected chi connectivity index (χ2v) is 5.47. The lowest BCUT2D eigenvalue weighted by Crippen LogP contribution is -2.36. The molecule has 2 heterocycles. The normalized spacial score (nSPS) is 20.3. The van der Waals surface area contributed by atoms with Crippen LogP contribution >= 0.6 is 11.3 Å². The van der Waals surface area contributed by atoms with Gasteiger partial charge in [-0.05, 0) is 18.3 Å². The SMILES string of the molecule is CC1(CNCc2cncs2)CCOCC1. The lowest BCUT2D eigenvalue weighted by molar-refractivity contribution is 0.0240. The van der Waals surface area contributed by atoms with Crippen molar-refractivity contribution in [2.45, 2.75) is 26.3 Å². The third kappa shape index (κ3) is 3.26. The minimum atomic E-state index is 0.420. The van der Waals surface area contributed by atoms with Gasteiger partial charge in [-0.15, -0.1) is 11.3 Å². The zero-order valence-electron chi connectivity index (χ0n) is 9.16. The molecule has 2 rings (SSSR count). The van der Waals surface area contributed by atoms with Gasteiger partial charge in [0.1, 0.15) is 0 Å². The molecule has 0 atom stereocenters. The van der Waals surface area contributed by atoms with Crippen molar-refractivity contribution in [3.8, 4) is 0 Å². The highest BCUT2D eigenvalue weighted by Crippen LogP contribution is 2.28. The van der Waals surface area contributed by atoms with Crippen LogP contribution in [0.3, 0.4) is 0 Å². The molecule has 1 aliphatic rings. The molecule has 1 fully saturated rings. The summed E-state index contributed by atoms with van der Waals surface area (Å²) in [5, 5.41) is 3.51. The Balaban J connectivity index is 1.72. The van der Waals surface area contributed by atoms with Crippen molar-refractivity contribution in [3.63, 3.8) is 0 Å². The van der Waals surface area contributed by atoms with Crippen molar-refractivity contribution >= 4 is 11.3 Å². The van der Waals surface area contributed by atoms with E-state index in [1.165, 1.54) is 17.7 Å². The van der Waals surface area contributed by atoms with Gasteiger partial charge in [0.05, 0.1) is 5.51 Å². The summed E-state index contributed by atoms with van der Waals surface area (Å²) in [6.07, 6.45) is 4.27. The predicted octanol–water partition coefficient (Wildman–Crippen LogP) is 2.05. The number of thiazole rings is 1. The van der Waals surface area contributed by atoms with Crippen LogP contribution in [0.5, 0.6) is 0 Å². The number of hydrogen-bond donors (Lipinski definition) is 1. The number of nitrogens with zero attached hydrogens (tertiary/aromatic N) is 1. The van der Waals surface area contributed by atoms with Crippen molar-refractivity contribution < 1.29 is 4.74 Å². The van der Waals surface area contributed by atoms with E-state index in [0.29, 0.717) is 5.41 Å². The fourth-order valence-corrected chi connectivity index (χ4v) is 2.42. The van der Waals surface area contributed by atoms with Crippen LogP contribution in [0, 0.1) is 5.41 Å². The predicted molar refractivity (Wildman–Crippen MR) is 62.0 cm³/mol. The maximum absolute atomic E-state index is 5.38. The molecule has 0 unspecified atom stereocenters. The lowest BCUT2D eigenvalue weighted by atomic mass is 9.82. The molecule has 1 aromatic rings. The number of nitrogens with one attached hydrogen (secondary N) is 1. The Kier molecular flexibility index (Phi) is 3.72. The summed E-state index contributed by atoms with van der Waals surface area (Å²) in [7, 11) is 0. The van der Waals surface area contributed by atoms with Crippen LogP contribution in [0.4, 0.5) is 0 Å². The first-order valence-corrected chi connectivity index (χ1v) is 6.32. The fraction of sp³-hybridized carbons (Fsp3) is 0.727. The average molecular weight is 226 g/mol. The van der Waals surface area contributed by atoms with Crippen molar-refractivity contribution in [1.29, 1.82) is 0 Å². The molecule has 1 aliphatic heterocycles.